The molecule has 0 bridgehead atoms. The molecule has 0 N–H and O–H groups in total. The molecule has 2 rings (SSSR count). The maximum absolute atomic E-state index is 12.8. The van der Waals surface area contributed by atoms with E-state index >= 15 is 0 Å². The fourth-order valence-corrected chi connectivity index (χ4v) is 8.22. The quantitative estimate of drug-likeness (QED) is 0.259. The predicted molar refractivity (Wildman–Crippen MR) is 103 cm³/mol. The molecule has 2 heterocycles. The number of sulfonamides is 1. The molecule has 0 aliphatic carbocycles. The number of thiophene rings is 1. The van der Waals surface area contributed by atoms with E-state index in [2.05, 4.69) is 11.0 Å². The highest BCUT2D eigenvalue weighted by Gasteiger charge is 2.43. The van der Waals surface area contributed by atoms with Gasteiger partial charge in [0.05, 0.1) is 11.5 Å². The first-order valence-electron chi connectivity index (χ1n) is 7.61. The molecule has 13 heteroatoms. The molecule has 1 aromatic rings. The van der Waals surface area contributed by atoms with E-state index in [9.17, 15) is 25.3 Å². The van der Waals surface area contributed by atoms with Crippen LogP contribution < -0.4 is 0 Å². The Morgan fingerprint density at radius 1 is 1.37 bits per heavy atom. The van der Waals surface area contributed by atoms with Gasteiger partial charge in [0.15, 0.2) is 9.84 Å². The van der Waals surface area contributed by atoms with E-state index in [1.54, 1.807) is 14.1 Å². The van der Waals surface area contributed by atoms with Gasteiger partial charge in [-0.3, -0.25) is 4.18 Å². The highest BCUT2D eigenvalue weighted by Crippen LogP contribution is 2.45. The number of nitrogens with zero attached hydrogens (tertiary/aromatic N) is 2. The van der Waals surface area contributed by atoms with Crippen LogP contribution in [0.2, 0.25) is 0 Å². The molecule has 0 radical (unpaired) electrons. The lowest BCUT2D eigenvalue weighted by molar-refractivity contribution is 0.196. The van der Waals surface area contributed by atoms with Gasteiger partial charge in [-0.25, -0.2) is 8.42 Å². The van der Waals surface area contributed by atoms with Gasteiger partial charge in [-0.2, -0.15) is 16.8 Å². The lowest BCUT2D eigenvalue weighted by Gasteiger charge is -2.27. The fourth-order valence-electron chi connectivity index (χ4n) is 2.50. The number of hydrogen-bond acceptors (Lipinski definition) is 8. The first-order valence-corrected chi connectivity index (χ1v) is 13.2. The third-order valence-electron chi connectivity index (χ3n) is 3.62. The molecule has 152 valence electrons. The van der Waals surface area contributed by atoms with Crippen LogP contribution >= 0.6 is 11.3 Å². The Balaban J connectivity index is 2.63. The Kier molecular flexibility index (Phi) is 6.21. The standard InChI is InChI=1S/C14H20N2O7S4/c1-5-6-10-7-12(23-25(4,17)18)11-8-13(24-14(11)26(10,19)20)27(21,22)15-9-16(2)3/h5,8-10,12H,1,6-7H2,2-4H3/t10-,12+/m0/s1. The van der Waals surface area contributed by atoms with E-state index in [1.165, 1.54) is 11.0 Å². The lowest BCUT2D eigenvalue weighted by atomic mass is 10.1. The van der Waals surface area contributed by atoms with Crippen molar-refractivity contribution in [2.75, 3.05) is 20.4 Å². The second-order valence-corrected chi connectivity index (χ2v) is 13.1. The SMILES string of the molecule is C=CC[C@H]1C[C@@H](OS(C)(=O)=O)c2cc(S(=O)(=O)N=CN(C)C)sc2S1(=O)=O. The van der Waals surface area contributed by atoms with E-state index in [0.717, 1.165) is 18.7 Å². The number of fused-ring (bicyclic) bond motifs is 1. The number of allylic oxidation sites excluding steroid dienone is 1. The minimum Gasteiger partial charge on any atom is -0.368 e. The molecule has 0 saturated carbocycles. The van der Waals surface area contributed by atoms with E-state index in [4.69, 9.17) is 4.18 Å². The van der Waals surface area contributed by atoms with Crippen molar-refractivity contribution >= 4 is 47.7 Å². The van der Waals surface area contributed by atoms with Crippen molar-refractivity contribution in [3.8, 4) is 0 Å². The Bertz CT molecular complexity index is 1070. The zero-order valence-corrected chi connectivity index (χ0v) is 18.2. The molecule has 27 heavy (non-hydrogen) atoms. The summed E-state index contributed by atoms with van der Waals surface area (Å²) in [6.07, 6.45) is 2.21. The summed E-state index contributed by atoms with van der Waals surface area (Å²) in [7, 11) is -8.73. The van der Waals surface area contributed by atoms with Crippen LogP contribution in [0.15, 0.2) is 31.5 Å². The number of hydrogen-bond donors (Lipinski definition) is 0. The average molecular weight is 457 g/mol. The predicted octanol–water partition coefficient (Wildman–Crippen LogP) is 1.17. The molecular weight excluding hydrogens is 436 g/mol. The minimum absolute atomic E-state index is 0.0179. The smallest absolute Gasteiger partial charge is 0.293 e. The van der Waals surface area contributed by atoms with Gasteiger partial charge in [0.1, 0.15) is 20.9 Å². The summed E-state index contributed by atoms with van der Waals surface area (Å²) in [6.45, 7) is 3.52. The van der Waals surface area contributed by atoms with Crippen molar-refractivity contribution in [3.63, 3.8) is 0 Å². The van der Waals surface area contributed by atoms with Crippen LogP contribution in [-0.4, -0.2) is 62.1 Å². The molecule has 0 spiro atoms. The minimum atomic E-state index is -4.14. The van der Waals surface area contributed by atoms with Crippen LogP contribution in [0.5, 0.6) is 0 Å². The number of rotatable bonds is 7. The topological polar surface area (TPSA) is 127 Å². The van der Waals surface area contributed by atoms with Crippen molar-refractivity contribution < 1.29 is 29.4 Å². The van der Waals surface area contributed by atoms with E-state index < -0.39 is 41.3 Å². The van der Waals surface area contributed by atoms with Crippen molar-refractivity contribution in [2.24, 2.45) is 4.40 Å². The summed E-state index contributed by atoms with van der Waals surface area (Å²) in [5.74, 6) is 0. The Hall–Kier alpha value is -1.28. The van der Waals surface area contributed by atoms with E-state index in [1.807, 2.05) is 0 Å². The van der Waals surface area contributed by atoms with E-state index in [-0.39, 0.29) is 26.8 Å². The molecular formula is C14H20N2O7S4. The normalized spacial score (nSPS) is 22.5. The summed E-state index contributed by atoms with van der Waals surface area (Å²) in [5.41, 5.74) is 0.0179. The van der Waals surface area contributed by atoms with Crippen molar-refractivity contribution in [3.05, 3.63) is 24.3 Å². The summed E-state index contributed by atoms with van der Waals surface area (Å²) in [4.78, 5) is 1.41. The zero-order valence-electron chi connectivity index (χ0n) is 14.9. The second kappa shape index (κ2) is 7.62. The summed E-state index contributed by atoms with van der Waals surface area (Å²) in [6, 6.07) is 1.12. The Morgan fingerprint density at radius 3 is 2.52 bits per heavy atom. The third kappa shape index (κ3) is 4.96. The molecule has 2 atom stereocenters. The highest BCUT2D eigenvalue weighted by atomic mass is 32.3. The summed E-state index contributed by atoms with van der Waals surface area (Å²) >= 11 is 0.543. The molecule has 0 fully saturated rings. The molecule has 1 aliphatic rings. The molecule has 0 saturated heterocycles. The molecule has 0 unspecified atom stereocenters. The van der Waals surface area contributed by atoms with Gasteiger partial charge in [-0.1, -0.05) is 6.08 Å². The Labute approximate surface area is 163 Å². The molecule has 1 aromatic heterocycles. The van der Waals surface area contributed by atoms with Crippen LogP contribution in [0.3, 0.4) is 0 Å². The third-order valence-corrected chi connectivity index (χ3v) is 9.78. The monoisotopic (exact) mass is 456 g/mol. The highest BCUT2D eigenvalue weighted by molar-refractivity contribution is 7.96. The van der Waals surface area contributed by atoms with Gasteiger partial charge in [0, 0.05) is 19.7 Å². The largest absolute Gasteiger partial charge is 0.368 e. The lowest BCUT2D eigenvalue weighted by Crippen LogP contribution is -2.30. The maximum atomic E-state index is 12.8. The van der Waals surface area contributed by atoms with E-state index in [0.29, 0.717) is 11.3 Å². The molecule has 0 aromatic carbocycles. The summed E-state index contributed by atoms with van der Waals surface area (Å²) < 4.78 is 81.6. The van der Waals surface area contributed by atoms with Gasteiger partial charge in [0.2, 0.25) is 0 Å². The van der Waals surface area contributed by atoms with Gasteiger partial charge in [-0.15, -0.1) is 22.3 Å². The maximum Gasteiger partial charge on any atom is 0.293 e. The average Bonchev–Trinajstić information content (AvgIpc) is 2.97. The Morgan fingerprint density at radius 2 is 2.00 bits per heavy atom. The van der Waals surface area contributed by atoms with Gasteiger partial charge >= 0.3 is 0 Å². The fraction of sp³-hybridized carbons (Fsp3) is 0.500. The van der Waals surface area contributed by atoms with Crippen molar-refractivity contribution in [1.29, 1.82) is 0 Å². The zero-order chi connectivity index (χ0) is 20.6. The molecule has 0 amide bonds. The van der Waals surface area contributed by atoms with Gasteiger partial charge in [0.25, 0.3) is 20.1 Å². The van der Waals surface area contributed by atoms with Crippen molar-refractivity contribution in [2.45, 2.75) is 32.6 Å². The van der Waals surface area contributed by atoms with Gasteiger partial charge < -0.3 is 4.90 Å². The van der Waals surface area contributed by atoms with Crippen LogP contribution in [0, 0.1) is 0 Å². The van der Waals surface area contributed by atoms with Crippen molar-refractivity contribution in [1.82, 2.24) is 4.90 Å². The van der Waals surface area contributed by atoms with Crippen LogP contribution in [0.1, 0.15) is 24.5 Å². The van der Waals surface area contributed by atoms with Gasteiger partial charge in [-0.05, 0) is 18.9 Å². The van der Waals surface area contributed by atoms with Crippen LogP contribution in [0.25, 0.3) is 0 Å². The molecule has 9 nitrogen and oxygen atoms in total. The first-order chi connectivity index (χ1) is 12.3. The van der Waals surface area contributed by atoms with Crippen LogP contribution in [0.4, 0.5) is 0 Å². The summed E-state index contributed by atoms with van der Waals surface area (Å²) in [5, 5.41) is -0.950. The van der Waals surface area contributed by atoms with Crippen LogP contribution in [-0.2, 0) is 34.2 Å². The molecule has 1 aliphatic heterocycles. The first kappa shape index (κ1) is 22.0. The number of sulfone groups is 1. The second-order valence-electron chi connectivity index (χ2n) is 6.18.